The second kappa shape index (κ2) is 7.09. The molecule has 0 radical (unpaired) electrons. The maximum Gasteiger partial charge on any atom is 0.0249 e. The number of alkyl halides is 2. The van der Waals surface area contributed by atoms with E-state index in [1.165, 1.54) is 18.4 Å². The van der Waals surface area contributed by atoms with Crippen LogP contribution in [0.5, 0.6) is 0 Å². The average molecular weight is 428 g/mol. The van der Waals surface area contributed by atoms with E-state index in [0.29, 0.717) is 0 Å². The zero-order valence-corrected chi connectivity index (χ0v) is 13.7. The first-order valence-corrected chi connectivity index (χ1v) is 8.29. The van der Waals surface area contributed by atoms with E-state index in [2.05, 4.69) is 83.3 Å². The highest BCUT2D eigenvalue weighted by Crippen LogP contribution is 2.33. The molecule has 0 bridgehead atoms. The van der Waals surface area contributed by atoms with Crippen LogP contribution < -0.4 is 0 Å². The van der Waals surface area contributed by atoms with Crippen LogP contribution in [0.15, 0.2) is 24.3 Å². The van der Waals surface area contributed by atoms with Gasteiger partial charge in [-0.2, -0.15) is 0 Å². The molecule has 0 spiro atoms. The molecule has 0 saturated heterocycles. The minimum atomic E-state index is 0.724. The van der Waals surface area contributed by atoms with Crippen molar-refractivity contribution in [2.24, 2.45) is 0 Å². The van der Waals surface area contributed by atoms with Gasteiger partial charge in [-0.25, -0.2) is 0 Å². The Hall–Kier alpha value is 0.680. The number of benzene rings is 1. The number of rotatable bonds is 5. The summed E-state index contributed by atoms with van der Waals surface area (Å²) < 4.78 is 1.88. The van der Waals surface area contributed by atoms with Gasteiger partial charge in [-0.05, 0) is 29.9 Å². The highest BCUT2D eigenvalue weighted by molar-refractivity contribution is 14.1. The van der Waals surface area contributed by atoms with Gasteiger partial charge in [-0.15, -0.1) is 0 Å². The van der Waals surface area contributed by atoms with E-state index in [4.69, 9.17) is 0 Å². The molecular weight excluding hydrogens is 410 g/mol. The first-order chi connectivity index (χ1) is 7.24. The van der Waals surface area contributed by atoms with Crippen molar-refractivity contribution in [1.29, 1.82) is 0 Å². The van der Waals surface area contributed by atoms with Crippen molar-refractivity contribution in [3.05, 3.63) is 35.4 Å². The van der Waals surface area contributed by atoms with Gasteiger partial charge in [0.05, 0.1) is 0 Å². The Morgan fingerprint density at radius 1 is 1.13 bits per heavy atom. The van der Waals surface area contributed by atoms with Crippen LogP contribution in [0.1, 0.15) is 43.7 Å². The second-order valence-electron chi connectivity index (χ2n) is 3.77. The summed E-state index contributed by atoms with van der Waals surface area (Å²) in [6.45, 7) is 4.59. The van der Waals surface area contributed by atoms with Crippen molar-refractivity contribution >= 4 is 45.2 Å². The van der Waals surface area contributed by atoms with Gasteiger partial charge >= 0.3 is 0 Å². The van der Waals surface area contributed by atoms with Crippen LogP contribution in [0.4, 0.5) is 0 Å². The molecule has 0 fully saturated rings. The third-order valence-electron chi connectivity index (χ3n) is 2.86. The van der Waals surface area contributed by atoms with Crippen LogP contribution >= 0.6 is 45.2 Å². The van der Waals surface area contributed by atoms with E-state index < -0.39 is 0 Å². The van der Waals surface area contributed by atoms with Gasteiger partial charge in [0.1, 0.15) is 0 Å². The van der Waals surface area contributed by atoms with Crippen LogP contribution in [0.3, 0.4) is 0 Å². The highest BCUT2D eigenvalue weighted by atomic mass is 127. The first kappa shape index (κ1) is 13.7. The molecule has 0 N–H and O–H groups in total. The van der Waals surface area contributed by atoms with Crippen LogP contribution in [-0.2, 0) is 4.43 Å². The molecule has 2 unspecified atom stereocenters. The Morgan fingerprint density at radius 2 is 1.80 bits per heavy atom. The zero-order chi connectivity index (χ0) is 11.3. The molecular formula is C13H18I2. The molecule has 15 heavy (non-hydrogen) atoms. The van der Waals surface area contributed by atoms with Crippen molar-refractivity contribution < 1.29 is 0 Å². The summed E-state index contributed by atoms with van der Waals surface area (Å²) in [4.78, 5) is 0. The Balaban J connectivity index is 3.00. The topological polar surface area (TPSA) is 0 Å². The van der Waals surface area contributed by atoms with E-state index in [9.17, 15) is 0 Å². The lowest BCUT2D eigenvalue weighted by Gasteiger charge is -2.22. The van der Waals surface area contributed by atoms with Gasteiger partial charge in [-0.3, -0.25) is 0 Å². The Morgan fingerprint density at radius 3 is 2.33 bits per heavy atom. The number of hydrogen-bond donors (Lipinski definition) is 0. The van der Waals surface area contributed by atoms with Crippen LogP contribution in [0.2, 0.25) is 0 Å². The van der Waals surface area contributed by atoms with Crippen molar-refractivity contribution in [2.45, 2.75) is 41.0 Å². The van der Waals surface area contributed by atoms with E-state index in [-0.39, 0.29) is 0 Å². The normalized spacial score (nSPS) is 14.9. The fourth-order valence-corrected chi connectivity index (χ4v) is 3.56. The summed E-state index contributed by atoms with van der Waals surface area (Å²) in [5.74, 6) is 0.724. The summed E-state index contributed by atoms with van der Waals surface area (Å²) in [5.41, 5.74) is 3.08. The van der Waals surface area contributed by atoms with Crippen molar-refractivity contribution in [2.75, 3.05) is 0 Å². The van der Waals surface area contributed by atoms with Crippen molar-refractivity contribution in [1.82, 2.24) is 0 Å². The highest BCUT2D eigenvalue weighted by Gasteiger charge is 2.19. The smallest absolute Gasteiger partial charge is 0.0249 e. The minimum Gasteiger partial charge on any atom is -0.0820 e. The summed E-state index contributed by atoms with van der Waals surface area (Å²) >= 11 is 5.06. The Bertz CT molecular complexity index is 296. The van der Waals surface area contributed by atoms with E-state index in [1.54, 1.807) is 5.56 Å². The molecule has 0 aliphatic heterocycles. The molecule has 0 amide bonds. The molecule has 0 heterocycles. The Kier molecular flexibility index (Phi) is 6.50. The lowest BCUT2D eigenvalue weighted by molar-refractivity contribution is 0.626. The molecule has 2 heteroatoms. The van der Waals surface area contributed by atoms with Gasteiger partial charge in [0.2, 0.25) is 0 Å². The van der Waals surface area contributed by atoms with E-state index in [0.717, 1.165) is 14.3 Å². The molecule has 84 valence electrons. The SMILES string of the molecule is CCC(I)C(CC)c1ccccc1CI. The van der Waals surface area contributed by atoms with Gasteiger partial charge in [0.25, 0.3) is 0 Å². The summed E-state index contributed by atoms with van der Waals surface area (Å²) in [5, 5.41) is 0. The average Bonchev–Trinajstić information content (AvgIpc) is 2.30. The largest absolute Gasteiger partial charge is 0.0820 e. The fraction of sp³-hybridized carbons (Fsp3) is 0.538. The second-order valence-corrected chi connectivity index (χ2v) is 6.13. The number of hydrogen-bond acceptors (Lipinski definition) is 0. The summed E-state index contributed by atoms with van der Waals surface area (Å²) in [6.07, 6.45) is 2.50. The molecule has 2 atom stereocenters. The fourth-order valence-electron chi connectivity index (χ4n) is 1.97. The predicted octanol–water partition coefficient (Wildman–Crippen LogP) is 5.33. The Labute approximate surface area is 121 Å². The lowest BCUT2D eigenvalue weighted by atomic mass is 9.89. The monoisotopic (exact) mass is 428 g/mol. The standard InChI is InChI=1S/C13H18I2/c1-3-11(13(15)4-2)12-8-6-5-7-10(12)9-14/h5-8,11,13H,3-4,9H2,1-2H3. The third-order valence-corrected chi connectivity index (χ3v) is 5.44. The maximum absolute atomic E-state index is 2.60. The van der Waals surface area contributed by atoms with Gasteiger partial charge in [-0.1, -0.05) is 83.3 Å². The lowest BCUT2D eigenvalue weighted by Crippen LogP contribution is -2.12. The van der Waals surface area contributed by atoms with Crippen LogP contribution in [0.25, 0.3) is 0 Å². The van der Waals surface area contributed by atoms with Crippen LogP contribution in [-0.4, -0.2) is 3.92 Å². The van der Waals surface area contributed by atoms with Gasteiger partial charge < -0.3 is 0 Å². The third kappa shape index (κ3) is 3.58. The molecule has 0 nitrogen and oxygen atoms in total. The molecule has 0 saturated carbocycles. The first-order valence-electron chi connectivity index (χ1n) is 5.52. The quantitative estimate of drug-likeness (QED) is 0.440. The van der Waals surface area contributed by atoms with Crippen LogP contribution in [0, 0.1) is 0 Å². The minimum absolute atomic E-state index is 0.724. The van der Waals surface area contributed by atoms with Crippen molar-refractivity contribution in [3.63, 3.8) is 0 Å². The molecule has 0 aromatic heterocycles. The molecule has 1 rings (SSSR count). The molecule has 1 aromatic carbocycles. The van der Waals surface area contributed by atoms with E-state index >= 15 is 0 Å². The van der Waals surface area contributed by atoms with Crippen molar-refractivity contribution in [3.8, 4) is 0 Å². The van der Waals surface area contributed by atoms with Gasteiger partial charge in [0.15, 0.2) is 0 Å². The molecule has 0 aliphatic rings. The van der Waals surface area contributed by atoms with Gasteiger partial charge in [0, 0.05) is 8.35 Å². The van der Waals surface area contributed by atoms with E-state index in [1.807, 2.05) is 0 Å². The molecule has 1 aromatic rings. The summed E-state index contributed by atoms with van der Waals surface area (Å²) in [7, 11) is 0. The maximum atomic E-state index is 2.60. The number of halogens is 2. The molecule has 0 aliphatic carbocycles. The predicted molar refractivity (Wildman–Crippen MR) is 85.3 cm³/mol. The zero-order valence-electron chi connectivity index (χ0n) is 9.34. The summed E-state index contributed by atoms with van der Waals surface area (Å²) in [6, 6.07) is 8.90.